The van der Waals surface area contributed by atoms with E-state index in [1.165, 1.54) is 19.3 Å². The number of carbonyl (C=O) groups is 1. The quantitative estimate of drug-likeness (QED) is 0.664. The van der Waals surface area contributed by atoms with Crippen LogP contribution in [-0.2, 0) is 9.53 Å². The molecule has 28 heavy (non-hydrogen) atoms. The van der Waals surface area contributed by atoms with Crippen molar-refractivity contribution in [2.75, 3.05) is 46.4 Å². The first-order valence-corrected chi connectivity index (χ1v) is 9.49. The first-order chi connectivity index (χ1) is 13.5. The number of nitrogens with zero attached hydrogens (tertiary/aromatic N) is 2. The van der Waals surface area contributed by atoms with E-state index in [1.54, 1.807) is 18.2 Å². The molecule has 1 aromatic rings. The van der Waals surface area contributed by atoms with Crippen LogP contribution in [0.2, 0.25) is 0 Å². The molecule has 0 N–H and O–H groups in total. The van der Waals surface area contributed by atoms with Crippen molar-refractivity contribution in [3.05, 3.63) is 29.8 Å². The van der Waals surface area contributed by atoms with Gasteiger partial charge < -0.3 is 19.1 Å². The molecule has 1 aromatic carbocycles. The van der Waals surface area contributed by atoms with Crippen molar-refractivity contribution in [1.82, 2.24) is 9.80 Å². The Labute approximate surface area is 163 Å². The molecule has 2 saturated heterocycles. The average molecular weight is 396 g/mol. The summed E-state index contributed by atoms with van der Waals surface area (Å²) in [6, 6.07) is 4.56. The number of alkyl halides is 2. The van der Waals surface area contributed by atoms with E-state index in [9.17, 15) is 13.6 Å². The summed E-state index contributed by atoms with van der Waals surface area (Å²) >= 11 is 0. The van der Waals surface area contributed by atoms with Crippen molar-refractivity contribution in [3.63, 3.8) is 0 Å². The molecule has 154 valence electrons. The molecule has 6 nitrogen and oxygen atoms in total. The average Bonchev–Trinajstić information content (AvgIpc) is 3.20. The zero-order valence-electron chi connectivity index (χ0n) is 16.0. The highest BCUT2D eigenvalue weighted by atomic mass is 19.3. The van der Waals surface area contributed by atoms with Gasteiger partial charge in [0.05, 0.1) is 13.2 Å². The van der Waals surface area contributed by atoms with Crippen LogP contribution in [0.3, 0.4) is 0 Å². The molecule has 0 spiro atoms. The summed E-state index contributed by atoms with van der Waals surface area (Å²) in [6.07, 6.45) is 5.73. The molecule has 0 bridgehead atoms. The van der Waals surface area contributed by atoms with Gasteiger partial charge in [-0.3, -0.25) is 9.69 Å². The highest BCUT2D eigenvalue weighted by Gasteiger charge is 2.24. The Balaban J connectivity index is 1.51. The number of hydrogen-bond acceptors (Lipinski definition) is 5. The highest BCUT2D eigenvalue weighted by Crippen LogP contribution is 2.29. The van der Waals surface area contributed by atoms with Crippen LogP contribution in [-0.4, -0.2) is 74.9 Å². The fraction of sp³-hybridized carbons (Fsp3) is 0.550. The van der Waals surface area contributed by atoms with Crippen LogP contribution >= 0.6 is 0 Å². The smallest absolute Gasteiger partial charge is 0.387 e. The second-order valence-electron chi connectivity index (χ2n) is 6.88. The van der Waals surface area contributed by atoms with Crippen LogP contribution in [0.1, 0.15) is 18.4 Å². The molecule has 2 heterocycles. The summed E-state index contributed by atoms with van der Waals surface area (Å²) in [5.74, 6) is 0.0876. The number of piperazine rings is 1. The Morgan fingerprint density at radius 1 is 1.29 bits per heavy atom. The lowest BCUT2D eigenvalue weighted by molar-refractivity contribution is -0.127. The van der Waals surface area contributed by atoms with Crippen molar-refractivity contribution in [1.29, 1.82) is 0 Å². The first-order valence-electron chi connectivity index (χ1n) is 9.49. The van der Waals surface area contributed by atoms with Crippen molar-refractivity contribution < 1.29 is 27.8 Å². The molecule has 0 radical (unpaired) electrons. The number of carbonyl (C=O) groups excluding carboxylic acids is 1. The van der Waals surface area contributed by atoms with Crippen molar-refractivity contribution >= 4 is 12.0 Å². The van der Waals surface area contributed by atoms with E-state index in [2.05, 4.69) is 9.64 Å². The molecule has 1 amide bonds. The Kier molecular flexibility index (Phi) is 7.22. The van der Waals surface area contributed by atoms with E-state index in [0.29, 0.717) is 24.8 Å². The number of methoxy groups -OCH3 is 1. The van der Waals surface area contributed by atoms with Gasteiger partial charge in [0, 0.05) is 45.4 Å². The summed E-state index contributed by atoms with van der Waals surface area (Å²) < 4.78 is 39.9. The minimum Gasteiger partial charge on any atom is -0.493 e. The van der Waals surface area contributed by atoms with Crippen molar-refractivity contribution in [2.24, 2.45) is 0 Å². The van der Waals surface area contributed by atoms with Crippen molar-refractivity contribution in [2.45, 2.75) is 25.6 Å². The van der Waals surface area contributed by atoms with E-state index >= 15 is 0 Å². The monoisotopic (exact) mass is 396 g/mol. The third-order valence-electron chi connectivity index (χ3n) is 4.99. The zero-order chi connectivity index (χ0) is 19.9. The number of hydrogen-bond donors (Lipinski definition) is 0. The van der Waals surface area contributed by atoms with E-state index in [0.717, 1.165) is 39.1 Å². The van der Waals surface area contributed by atoms with Crippen LogP contribution in [0, 0.1) is 0 Å². The molecule has 2 aliphatic rings. The summed E-state index contributed by atoms with van der Waals surface area (Å²) in [5, 5.41) is 0. The number of amides is 1. The maximum absolute atomic E-state index is 12.4. The lowest BCUT2D eigenvalue weighted by Gasteiger charge is -2.35. The van der Waals surface area contributed by atoms with Crippen LogP contribution in [0.15, 0.2) is 24.3 Å². The molecular weight excluding hydrogens is 370 g/mol. The van der Waals surface area contributed by atoms with Crippen LogP contribution < -0.4 is 9.47 Å². The summed E-state index contributed by atoms with van der Waals surface area (Å²) in [7, 11) is 1.38. The first kappa shape index (κ1) is 20.5. The predicted octanol–water partition coefficient (Wildman–Crippen LogP) is 2.63. The molecule has 1 atom stereocenters. The molecule has 0 aromatic heterocycles. The minimum atomic E-state index is -2.92. The van der Waals surface area contributed by atoms with Crippen LogP contribution in [0.25, 0.3) is 6.08 Å². The van der Waals surface area contributed by atoms with Gasteiger partial charge in [-0.1, -0.05) is 6.07 Å². The maximum Gasteiger partial charge on any atom is 0.387 e. The van der Waals surface area contributed by atoms with Gasteiger partial charge in [-0.15, -0.1) is 0 Å². The Morgan fingerprint density at radius 3 is 2.71 bits per heavy atom. The summed E-state index contributed by atoms with van der Waals surface area (Å²) in [6.45, 7) is 1.91. The van der Waals surface area contributed by atoms with Crippen LogP contribution in [0.4, 0.5) is 8.78 Å². The molecule has 2 aliphatic heterocycles. The fourth-order valence-electron chi connectivity index (χ4n) is 3.48. The van der Waals surface area contributed by atoms with E-state index in [-0.39, 0.29) is 17.4 Å². The second-order valence-corrected chi connectivity index (χ2v) is 6.88. The van der Waals surface area contributed by atoms with Gasteiger partial charge in [-0.25, -0.2) is 0 Å². The highest BCUT2D eigenvalue weighted by molar-refractivity contribution is 5.92. The number of benzene rings is 1. The third-order valence-corrected chi connectivity index (χ3v) is 4.99. The summed E-state index contributed by atoms with van der Waals surface area (Å²) in [5.41, 5.74) is 0.670. The van der Waals surface area contributed by atoms with E-state index in [4.69, 9.17) is 9.47 Å². The van der Waals surface area contributed by atoms with Gasteiger partial charge >= 0.3 is 6.61 Å². The van der Waals surface area contributed by atoms with Gasteiger partial charge in [0.1, 0.15) is 0 Å². The predicted molar refractivity (Wildman–Crippen MR) is 101 cm³/mol. The second kappa shape index (κ2) is 9.84. The third kappa shape index (κ3) is 5.65. The number of rotatable bonds is 7. The number of ether oxygens (including phenoxy) is 3. The topological polar surface area (TPSA) is 51.2 Å². The minimum absolute atomic E-state index is 0.0386. The molecule has 0 aliphatic carbocycles. The van der Waals surface area contributed by atoms with Gasteiger partial charge in [0.25, 0.3) is 0 Å². The van der Waals surface area contributed by atoms with E-state index in [1.807, 2.05) is 4.90 Å². The lowest BCUT2D eigenvalue weighted by Crippen LogP contribution is -2.50. The zero-order valence-corrected chi connectivity index (χ0v) is 16.0. The molecule has 8 heteroatoms. The SMILES string of the molecule is COc1cc(/C=C/C(=O)N2CCN(CC3CCCO3)CC2)ccc1OC(F)F. The maximum atomic E-state index is 12.4. The van der Waals surface area contributed by atoms with Crippen molar-refractivity contribution in [3.8, 4) is 11.5 Å². The summed E-state index contributed by atoms with van der Waals surface area (Å²) in [4.78, 5) is 16.6. The Bertz CT molecular complexity index is 685. The Hall–Kier alpha value is -2.19. The standard InChI is InChI=1S/C20H26F2N2O4/c1-26-18-13-15(4-6-17(18)28-20(21)22)5-7-19(25)24-10-8-23(9-11-24)14-16-3-2-12-27-16/h4-7,13,16,20H,2-3,8-12,14H2,1H3/b7-5+. The van der Waals surface area contributed by atoms with Crippen LogP contribution in [0.5, 0.6) is 11.5 Å². The molecule has 1 unspecified atom stereocenters. The van der Waals surface area contributed by atoms with Gasteiger partial charge in [-0.2, -0.15) is 8.78 Å². The molecular formula is C20H26F2N2O4. The molecule has 3 rings (SSSR count). The lowest BCUT2D eigenvalue weighted by atomic mass is 10.1. The van der Waals surface area contributed by atoms with Gasteiger partial charge in [0.15, 0.2) is 11.5 Å². The molecule has 2 fully saturated rings. The largest absolute Gasteiger partial charge is 0.493 e. The van der Waals surface area contributed by atoms with Gasteiger partial charge in [0.2, 0.25) is 5.91 Å². The Morgan fingerprint density at radius 2 is 2.07 bits per heavy atom. The normalized spacial score (nSPS) is 20.9. The number of halogens is 2. The fourth-order valence-corrected chi connectivity index (χ4v) is 3.48. The van der Waals surface area contributed by atoms with E-state index < -0.39 is 6.61 Å². The molecule has 0 saturated carbocycles. The van der Waals surface area contributed by atoms with Gasteiger partial charge in [-0.05, 0) is 36.6 Å².